The second-order valence-corrected chi connectivity index (χ2v) is 7.12. The molecule has 6 nitrogen and oxygen atoms in total. The number of rotatable bonds is 5. The lowest BCUT2D eigenvalue weighted by Crippen LogP contribution is -2.25. The molecule has 1 N–H and O–H groups in total. The van der Waals surface area contributed by atoms with E-state index in [4.69, 9.17) is 0 Å². The predicted molar refractivity (Wildman–Crippen MR) is 107 cm³/mol. The Morgan fingerprint density at radius 2 is 1.88 bits per heavy atom. The van der Waals surface area contributed by atoms with Gasteiger partial charge < -0.3 is 4.90 Å². The Hall–Kier alpha value is -2.80. The molecule has 0 saturated carbocycles. The molecule has 4 aromatic rings. The molecular weight excluding hydrogens is 344 g/mol. The SMILES string of the molecule is CCN(CC)c1ccc(/N=N/c2sc3cc4cn[nH]c4cc3[n+]2C)cc1. The molecule has 2 aromatic heterocycles. The molecule has 2 heterocycles. The third kappa shape index (κ3) is 2.94. The Morgan fingerprint density at radius 1 is 1.12 bits per heavy atom. The molecule has 26 heavy (non-hydrogen) atoms. The van der Waals surface area contributed by atoms with Gasteiger partial charge in [-0.05, 0) is 60.6 Å². The third-order valence-electron chi connectivity index (χ3n) is 4.60. The van der Waals surface area contributed by atoms with E-state index in [2.05, 4.69) is 68.0 Å². The van der Waals surface area contributed by atoms with Crippen LogP contribution in [-0.2, 0) is 7.05 Å². The van der Waals surface area contributed by atoms with Crippen LogP contribution in [0.25, 0.3) is 21.1 Å². The highest BCUT2D eigenvalue weighted by molar-refractivity contribution is 7.21. The van der Waals surface area contributed by atoms with Crippen LogP contribution in [0.2, 0.25) is 0 Å². The van der Waals surface area contributed by atoms with Crippen LogP contribution in [0.5, 0.6) is 0 Å². The monoisotopic (exact) mass is 365 g/mol. The molecule has 0 aliphatic carbocycles. The van der Waals surface area contributed by atoms with Crippen molar-refractivity contribution >= 4 is 49.0 Å². The van der Waals surface area contributed by atoms with E-state index in [-0.39, 0.29) is 0 Å². The van der Waals surface area contributed by atoms with E-state index in [9.17, 15) is 0 Å². The number of anilines is 1. The van der Waals surface area contributed by atoms with Gasteiger partial charge in [-0.25, -0.2) is 4.57 Å². The number of H-pyrrole nitrogens is 1. The number of azo groups is 1. The second-order valence-electron chi connectivity index (χ2n) is 6.11. The van der Waals surface area contributed by atoms with Gasteiger partial charge in [0.25, 0.3) is 0 Å². The molecule has 0 aliphatic heterocycles. The quantitative estimate of drug-likeness (QED) is 0.405. The van der Waals surface area contributed by atoms with Crippen LogP contribution in [0, 0.1) is 0 Å². The number of fused-ring (bicyclic) bond motifs is 2. The van der Waals surface area contributed by atoms with Gasteiger partial charge >= 0.3 is 5.13 Å². The van der Waals surface area contributed by atoms with Crippen molar-refractivity contribution in [2.24, 2.45) is 17.3 Å². The van der Waals surface area contributed by atoms with Gasteiger partial charge in [0.2, 0.25) is 0 Å². The van der Waals surface area contributed by atoms with Crippen LogP contribution >= 0.6 is 11.3 Å². The third-order valence-corrected chi connectivity index (χ3v) is 5.68. The first-order valence-corrected chi connectivity index (χ1v) is 9.53. The molecular formula is C19H21N6S+. The van der Waals surface area contributed by atoms with Gasteiger partial charge in [-0.15, -0.1) is 0 Å². The van der Waals surface area contributed by atoms with Crippen molar-refractivity contribution in [1.82, 2.24) is 10.2 Å². The van der Waals surface area contributed by atoms with Crippen LogP contribution in [0.3, 0.4) is 0 Å². The molecule has 0 spiro atoms. The first-order chi connectivity index (χ1) is 12.7. The van der Waals surface area contributed by atoms with Crippen molar-refractivity contribution in [2.45, 2.75) is 13.8 Å². The number of nitrogens with one attached hydrogen (secondary N) is 1. The van der Waals surface area contributed by atoms with Gasteiger partial charge in [0.15, 0.2) is 0 Å². The number of aromatic nitrogens is 3. The normalized spacial score (nSPS) is 11.8. The largest absolute Gasteiger partial charge is 0.409 e. The molecule has 0 saturated heterocycles. The summed E-state index contributed by atoms with van der Waals surface area (Å²) in [6.45, 7) is 6.32. The van der Waals surface area contributed by atoms with Gasteiger partial charge in [0.1, 0.15) is 11.2 Å². The molecule has 0 radical (unpaired) electrons. The Labute approximate surface area is 155 Å². The average molecular weight is 365 g/mol. The average Bonchev–Trinajstić information content (AvgIpc) is 3.24. The lowest BCUT2D eigenvalue weighted by molar-refractivity contribution is -0.627. The number of thiazole rings is 1. The van der Waals surface area contributed by atoms with E-state index in [1.54, 1.807) is 11.3 Å². The second kappa shape index (κ2) is 6.84. The van der Waals surface area contributed by atoms with Crippen LogP contribution in [0.1, 0.15) is 13.8 Å². The van der Waals surface area contributed by atoms with Gasteiger partial charge in [-0.1, -0.05) is 0 Å². The zero-order valence-corrected chi connectivity index (χ0v) is 15.9. The first-order valence-electron chi connectivity index (χ1n) is 8.72. The standard InChI is InChI=1S/C19H21N6S/c1-4-25(5-2)15-8-6-14(7-9-15)21-23-19-24(3)17-11-16-13(12-20-22-16)10-18(17)26-19/h6-12H,4-5H2,1-3H3,(H,20,22)/q+1. The Kier molecular flexibility index (Phi) is 4.38. The van der Waals surface area contributed by atoms with Crippen molar-refractivity contribution < 1.29 is 4.57 Å². The van der Waals surface area contributed by atoms with E-state index in [0.29, 0.717) is 0 Å². The predicted octanol–water partition coefficient (Wildman–Crippen LogP) is 4.86. The maximum atomic E-state index is 4.47. The van der Waals surface area contributed by atoms with Gasteiger partial charge in [0.05, 0.1) is 28.6 Å². The van der Waals surface area contributed by atoms with Crippen LogP contribution in [0.15, 0.2) is 52.8 Å². The van der Waals surface area contributed by atoms with Crippen LogP contribution in [-0.4, -0.2) is 23.3 Å². The highest BCUT2D eigenvalue weighted by atomic mass is 32.1. The minimum absolute atomic E-state index is 0.856. The number of nitrogens with zero attached hydrogens (tertiary/aromatic N) is 5. The summed E-state index contributed by atoms with van der Waals surface area (Å²) in [5.74, 6) is 0. The number of hydrogen-bond donors (Lipinski definition) is 1. The van der Waals surface area contributed by atoms with Gasteiger partial charge in [0, 0.05) is 30.2 Å². The fourth-order valence-electron chi connectivity index (χ4n) is 3.08. The number of benzene rings is 2. The number of aromatic amines is 1. The molecule has 2 aromatic carbocycles. The van der Waals surface area contributed by atoms with Crippen LogP contribution in [0.4, 0.5) is 16.5 Å². The van der Waals surface area contributed by atoms with E-state index in [0.717, 1.165) is 40.3 Å². The summed E-state index contributed by atoms with van der Waals surface area (Å²) < 4.78 is 3.24. The zero-order chi connectivity index (χ0) is 18.1. The van der Waals surface area contributed by atoms with Crippen LogP contribution < -0.4 is 9.47 Å². The lowest BCUT2D eigenvalue weighted by atomic mass is 10.2. The fourth-order valence-corrected chi connectivity index (χ4v) is 4.08. The molecule has 4 rings (SSSR count). The zero-order valence-electron chi connectivity index (χ0n) is 15.1. The van der Waals surface area contributed by atoms with E-state index in [1.807, 2.05) is 25.4 Å². The summed E-state index contributed by atoms with van der Waals surface area (Å²) in [6, 6.07) is 12.5. The summed E-state index contributed by atoms with van der Waals surface area (Å²) >= 11 is 1.63. The van der Waals surface area contributed by atoms with Crippen molar-refractivity contribution in [3.63, 3.8) is 0 Å². The number of aryl methyl sites for hydroxylation is 1. The van der Waals surface area contributed by atoms with E-state index < -0.39 is 0 Å². The molecule has 0 unspecified atom stereocenters. The van der Waals surface area contributed by atoms with Gasteiger partial charge in [-0.2, -0.15) is 5.10 Å². The highest BCUT2D eigenvalue weighted by Gasteiger charge is 2.17. The van der Waals surface area contributed by atoms with Crippen molar-refractivity contribution in [1.29, 1.82) is 0 Å². The molecule has 7 heteroatoms. The van der Waals surface area contributed by atoms with E-state index in [1.165, 1.54) is 10.4 Å². The summed E-state index contributed by atoms with van der Waals surface area (Å²) in [7, 11) is 2.01. The molecule has 0 aliphatic rings. The van der Waals surface area contributed by atoms with E-state index >= 15 is 0 Å². The molecule has 0 atom stereocenters. The Balaban J connectivity index is 1.63. The molecule has 132 valence electrons. The molecule has 0 fully saturated rings. The summed E-state index contributed by atoms with van der Waals surface area (Å²) in [5.41, 5.74) is 4.22. The minimum Gasteiger partial charge on any atom is -0.372 e. The Morgan fingerprint density at radius 3 is 2.62 bits per heavy atom. The summed E-state index contributed by atoms with van der Waals surface area (Å²) in [4.78, 5) is 2.31. The maximum Gasteiger partial charge on any atom is 0.409 e. The highest BCUT2D eigenvalue weighted by Crippen LogP contribution is 2.30. The summed E-state index contributed by atoms with van der Waals surface area (Å²) in [6.07, 6.45) is 1.84. The lowest BCUT2D eigenvalue weighted by Gasteiger charge is -2.20. The van der Waals surface area contributed by atoms with Crippen molar-refractivity contribution in [3.8, 4) is 0 Å². The van der Waals surface area contributed by atoms with Crippen molar-refractivity contribution in [2.75, 3.05) is 18.0 Å². The molecule has 0 bridgehead atoms. The number of hydrogen-bond acceptors (Lipinski definition) is 5. The first kappa shape index (κ1) is 16.7. The van der Waals surface area contributed by atoms with Crippen molar-refractivity contribution in [3.05, 3.63) is 42.6 Å². The van der Waals surface area contributed by atoms with Gasteiger partial charge in [-0.3, -0.25) is 5.10 Å². The Bertz CT molecular complexity index is 1070. The molecule has 0 amide bonds. The summed E-state index contributed by atoms with van der Waals surface area (Å²) in [5, 5.41) is 18.0. The smallest absolute Gasteiger partial charge is 0.372 e. The fraction of sp³-hybridized carbons (Fsp3) is 0.263. The minimum atomic E-state index is 0.856. The maximum absolute atomic E-state index is 4.47. The topological polar surface area (TPSA) is 60.5 Å².